The molecule has 0 atom stereocenters. The van der Waals surface area contributed by atoms with Crippen molar-refractivity contribution in [3.8, 4) is 12.3 Å². The molecule has 0 aromatic heterocycles. The Labute approximate surface area is 189 Å². The highest BCUT2D eigenvalue weighted by atomic mass is 32.2. The van der Waals surface area contributed by atoms with E-state index in [4.69, 9.17) is 11.2 Å². The molecule has 0 spiro atoms. The quantitative estimate of drug-likeness (QED) is 0.621. The number of ether oxygens (including phenoxy) is 1. The summed E-state index contributed by atoms with van der Waals surface area (Å²) < 4.78 is 32.1. The van der Waals surface area contributed by atoms with Gasteiger partial charge in [-0.3, -0.25) is 4.79 Å². The zero-order valence-corrected chi connectivity index (χ0v) is 19.3. The van der Waals surface area contributed by atoms with Gasteiger partial charge >= 0.3 is 6.09 Å². The molecule has 170 valence electrons. The third-order valence-corrected chi connectivity index (χ3v) is 5.48. The summed E-state index contributed by atoms with van der Waals surface area (Å²) in [5, 5.41) is 2.74. The Morgan fingerprint density at radius 1 is 1.12 bits per heavy atom. The minimum atomic E-state index is -3.81. The molecule has 0 aliphatic rings. The molecule has 2 aromatic rings. The monoisotopic (exact) mass is 457 g/mol. The van der Waals surface area contributed by atoms with Crippen molar-refractivity contribution in [2.75, 3.05) is 18.9 Å². The maximum Gasteiger partial charge on any atom is 0.410 e. The highest BCUT2D eigenvalue weighted by Crippen LogP contribution is 2.17. The van der Waals surface area contributed by atoms with Crippen LogP contribution in [0.5, 0.6) is 0 Å². The molecular formula is C23H27N3O5S. The number of nitrogens with zero attached hydrogens (tertiary/aromatic N) is 1. The van der Waals surface area contributed by atoms with E-state index in [1.807, 2.05) is 6.07 Å². The number of amides is 2. The number of hydrogen-bond acceptors (Lipinski definition) is 5. The van der Waals surface area contributed by atoms with Crippen LogP contribution < -0.4 is 10.0 Å². The molecule has 2 aromatic carbocycles. The summed E-state index contributed by atoms with van der Waals surface area (Å²) in [5.74, 6) is 1.72. The van der Waals surface area contributed by atoms with Crippen molar-refractivity contribution in [3.05, 3.63) is 59.7 Å². The van der Waals surface area contributed by atoms with Crippen LogP contribution in [0, 0.1) is 12.3 Å². The number of hydrogen-bond donors (Lipinski definition) is 2. The first-order valence-corrected chi connectivity index (χ1v) is 11.3. The number of carbonyl (C=O) groups excluding carboxylic acids is 2. The molecule has 0 saturated carbocycles. The van der Waals surface area contributed by atoms with Crippen molar-refractivity contribution in [1.29, 1.82) is 0 Å². The predicted molar refractivity (Wildman–Crippen MR) is 123 cm³/mol. The van der Waals surface area contributed by atoms with Gasteiger partial charge in [0.05, 0.1) is 11.4 Å². The van der Waals surface area contributed by atoms with E-state index in [0.717, 1.165) is 5.56 Å². The van der Waals surface area contributed by atoms with Crippen LogP contribution in [0.2, 0.25) is 0 Å². The van der Waals surface area contributed by atoms with E-state index in [1.54, 1.807) is 46.0 Å². The summed E-state index contributed by atoms with van der Waals surface area (Å²) in [6, 6.07) is 12.6. The molecule has 8 nitrogen and oxygen atoms in total. The number of benzene rings is 2. The van der Waals surface area contributed by atoms with Gasteiger partial charge in [-0.1, -0.05) is 24.1 Å². The second-order valence-corrected chi connectivity index (χ2v) is 9.81. The second kappa shape index (κ2) is 10.3. The third-order valence-electron chi connectivity index (χ3n) is 4.08. The number of anilines is 1. The molecule has 32 heavy (non-hydrogen) atoms. The highest BCUT2D eigenvalue weighted by molar-refractivity contribution is 7.89. The minimum Gasteiger partial charge on any atom is -0.444 e. The van der Waals surface area contributed by atoms with Gasteiger partial charge in [0, 0.05) is 24.8 Å². The lowest BCUT2D eigenvalue weighted by Crippen LogP contribution is -2.33. The van der Waals surface area contributed by atoms with E-state index >= 15 is 0 Å². The number of terminal acetylenes is 1. The molecule has 0 heterocycles. The molecule has 0 saturated heterocycles. The Morgan fingerprint density at radius 3 is 2.47 bits per heavy atom. The number of rotatable bonds is 7. The standard InChI is InChI=1S/C23H27N3O5S/c1-6-13-24-32(29,30)20-12-8-10-18(15-20)21(27)25-19-11-7-9-17(14-19)16-26(5)22(28)31-23(2,3)4/h1,7-12,14-15,24H,13,16H2,2-5H3,(H,25,27). The molecule has 0 aliphatic carbocycles. The zero-order chi connectivity index (χ0) is 23.9. The Kier molecular flexibility index (Phi) is 8.02. The van der Waals surface area contributed by atoms with Crippen LogP contribution in [-0.2, 0) is 21.3 Å². The first-order valence-electron chi connectivity index (χ1n) is 9.79. The molecule has 0 fully saturated rings. The SMILES string of the molecule is C#CCNS(=O)(=O)c1cccc(C(=O)Nc2cccc(CN(C)C(=O)OC(C)(C)C)c2)c1. The van der Waals surface area contributed by atoms with Gasteiger partial charge in [-0.25, -0.2) is 13.2 Å². The summed E-state index contributed by atoms with van der Waals surface area (Å²) in [7, 11) is -2.19. The molecule has 0 bridgehead atoms. The van der Waals surface area contributed by atoms with Gasteiger partial charge in [0.1, 0.15) is 5.60 Å². The largest absolute Gasteiger partial charge is 0.444 e. The van der Waals surface area contributed by atoms with E-state index < -0.39 is 27.6 Å². The van der Waals surface area contributed by atoms with Crippen molar-refractivity contribution < 1.29 is 22.7 Å². The lowest BCUT2D eigenvalue weighted by Gasteiger charge is -2.24. The first-order chi connectivity index (χ1) is 14.9. The smallest absolute Gasteiger partial charge is 0.410 e. The third kappa shape index (κ3) is 7.41. The maximum absolute atomic E-state index is 12.7. The minimum absolute atomic E-state index is 0.0619. The normalized spacial score (nSPS) is 11.3. The molecule has 0 unspecified atom stereocenters. The van der Waals surface area contributed by atoms with E-state index in [2.05, 4.69) is 16.0 Å². The van der Waals surface area contributed by atoms with E-state index in [1.165, 1.54) is 29.2 Å². The maximum atomic E-state index is 12.7. The average molecular weight is 458 g/mol. The topological polar surface area (TPSA) is 105 Å². The van der Waals surface area contributed by atoms with Gasteiger partial charge < -0.3 is 15.0 Å². The van der Waals surface area contributed by atoms with E-state index in [0.29, 0.717) is 5.69 Å². The summed E-state index contributed by atoms with van der Waals surface area (Å²) >= 11 is 0. The number of carbonyl (C=O) groups is 2. The number of sulfonamides is 1. The van der Waals surface area contributed by atoms with Crippen molar-refractivity contribution in [3.63, 3.8) is 0 Å². The van der Waals surface area contributed by atoms with Gasteiger partial charge in [0.2, 0.25) is 10.0 Å². The van der Waals surface area contributed by atoms with Crippen LogP contribution in [0.3, 0.4) is 0 Å². The van der Waals surface area contributed by atoms with Gasteiger partial charge in [0.25, 0.3) is 5.91 Å². The van der Waals surface area contributed by atoms with Crippen LogP contribution in [0.1, 0.15) is 36.7 Å². The number of nitrogens with one attached hydrogen (secondary N) is 2. The van der Waals surface area contributed by atoms with Crippen molar-refractivity contribution in [2.24, 2.45) is 0 Å². The first kappa shape index (κ1) is 24.9. The van der Waals surface area contributed by atoms with E-state index in [9.17, 15) is 18.0 Å². The lowest BCUT2D eigenvalue weighted by molar-refractivity contribution is 0.0285. The molecule has 2 N–H and O–H groups in total. The molecule has 0 aliphatic heterocycles. The second-order valence-electron chi connectivity index (χ2n) is 8.05. The fraction of sp³-hybridized carbons (Fsp3) is 0.304. The predicted octanol–water partition coefficient (Wildman–Crippen LogP) is 3.22. The fourth-order valence-corrected chi connectivity index (χ4v) is 3.63. The summed E-state index contributed by atoms with van der Waals surface area (Å²) in [4.78, 5) is 26.2. The van der Waals surface area contributed by atoms with Gasteiger partial charge in [-0.2, -0.15) is 4.72 Å². The Balaban J connectivity index is 2.11. The average Bonchev–Trinajstić information content (AvgIpc) is 2.71. The Hall–Kier alpha value is -3.35. The Morgan fingerprint density at radius 2 is 1.81 bits per heavy atom. The van der Waals surface area contributed by atoms with Crippen molar-refractivity contribution in [2.45, 2.75) is 37.8 Å². The molecule has 9 heteroatoms. The zero-order valence-electron chi connectivity index (χ0n) is 18.5. The Bertz CT molecular complexity index is 1130. The molecule has 0 radical (unpaired) electrons. The van der Waals surface area contributed by atoms with Gasteiger partial charge in [-0.05, 0) is 56.7 Å². The fourth-order valence-electron chi connectivity index (χ4n) is 2.65. The van der Waals surface area contributed by atoms with Gasteiger partial charge in [0.15, 0.2) is 0 Å². The van der Waals surface area contributed by atoms with Crippen molar-refractivity contribution in [1.82, 2.24) is 9.62 Å². The van der Waals surface area contributed by atoms with Crippen LogP contribution >= 0.6 is 0 Å². The summed E-state index contributed by atoms with van der Waals surface area (Å²) in [6.45, 7) is 5.51. The van der Waals surface area contributed by atoms with Crippen molar-refractivity contribution >= 4 is 27.7 Å². The van der Waals surface area contributed by atoms with Crippen LogP contribution in [0.4, 0.5) is 10.5 Å². The lowest BCUT2D eigenvalue weighted by atomic mass is 10.1. The molecular weight excluding hydrogens is 430 g/mol. The summed E-state index contributed by atoms with van der Waals surface area (Å²) in [6.07, 6.45) is 4.64. The summed E-state index contributed by atoms with van der Waals surface area (Å²) in [5.41, 5.74) is 0.860. The van der Waals surface area contributed by atoms with E-state index in [-0.39, 0.29) is 23.5 Å². The van der Waals surface area contributed by atoms with Gasteiger partial charge in [-0.15, -0.1) is 6.42 Å². The van der Waals surface area contributed by atoms with Crippen LogP contribution in [0.25, 0.3) is 0 Å². The molecule has 2 rings (SSSR count). The van der Waals surface area contributed by atoms with Crippen LogP contribution in [-0.4, -0.2) is 44.5 Å². The highest BCUT2D eigenvalue weighted by Gasteiger charge is 2.20. The molecule has 2 amide bonds. The van der Waals surface area contributed by atoms with Crippen LogP contribution in [0.15, 0.2) is 53.4 Å².